The number of nitrogen functional groups attached to an aromatic ring is 2. The van der Waals surface area contributed by atoms with Crippen LogP contribution in [-0.2, 0) is 20.2 Å². The lowest BCUT2D eigenvalue weighted by molar-refractivity contribution is 0.397. The summed E-state index contributed by atoms with van der Waals surface area (Å²) in [5, 5.41) is 16.3. The van der Waals surface area contributed by atoms with Gasteiger partial charge in [-0.3, -0.25) is 9.11 Å². The number of nitrogens with zero attached hydrogens (tertiary/aromatic N) is 4. The molecular formula is C13H12N6O7S2. The zero-order chi connectivity index (χ0) is 21.3. The lowest BCUT2D eigenvalue weighted by Gasteiger charge is -2.09. The summed E-state index contributed by atoms with van der Waals surface area (Å²) in [6, 6.07) is 3.82. The Kier molecular flexibility index (Phi) is 5.52. The number of hydrogen-bond donors (Lipinski definition) is 4. The summed E-state index contributed by atoms with van der Waals surface area (Å²) in [4.78, 5) is 2.25. The van der Waals surface area contributed by atoms with E-state index >= 15 is 0 Å². The molecule has 0 bridgehead atoms. The minimum atomic E-state index is -4.82. The number of aromatic nitrogens is 1. The Labute approximate surface area is 158 Å². The molecule has 2 rings (SSSR count). The highest BCUT2D eigenvalue weighted by Gasteiger charge is 2.21. The molecule has 6 N–H and O–H groups in total. The molecule has 0 saturated heterocycles. The Morgan fingerprint density at radius 3 is 2.29 bits per heavy atom. The Hall–Kier alpha value is -3.32. The standard InChI is InChI=1S/C13H12N6O7S2/c1-26-13-7(5-14)10(15)11(12(16)17-13)19-18-8-4-6(27(20,21)22)2-3-9(8)28(23,24)25/h2-4H,1H3,(H4,15,16,17)(H,20,21,22)(H,23,24,25). The largest absolute Gasteiger partial charge is 0.480 e. The van der Waals surface area contributed by atoms with E-state index in [2.05, 4.69) is 15.2 Å². The van der Waals surface area contributed by atoms with Crippen molar-refractivity contribution < 1.29 is 30.7 Å². The third kappa shape index (κ3) is 4.15. The van der Waals surface area contributed by atoms with Crippen LogP contribution in [0.2, 0.25) is 0 Å². The summed E-state index contributed by atoms with van der Waals surface area (Å²) in [6.07, 6.45) is 0. The molecule has 15 heteroatoms. The molecule has 0 saturated carbocycles. The van der Waals surface area contributed by atoms with E-state index in [4.69, 9.17) is 26.0 Å². The molecule has 0 spiro atoms. The van der Waals surface area contributed by atoms with Crippen molar-refractivity contribution in [1.82, 2.24) is 4.98 Å². The molecule has 0 atom stereocenters. The molecule has 0 unspecified atom stereocenters. The molecule has 0 radical (unpaired) electrons. The summed E-state index contributed by atoms with van der Waals surface area (Å²) in [7, 11) is -8.31. The smallest absolute Gasteiger partial charge is 0.296 e. The van der Waals surface area contributed by atoms with Gasteiger partial charge in [-0.1, -0.05) is 0 Å². The Morgan fingerprint density at radius 1 is 1.14 bits per heavy atom. The maximum Gasteiger partial charge on any atom is 0.296 e. The highest BCUT2D eigenvalue weighted by molar-refractivity contribution is 7.86. The minimum absolute atomic E-state index is 0.177. The van der Waals surface area contributed by atoms with Crippen molar-refractivity contribution in [2.75, 3.05) is 18.6 Å². The van der Waals surface area contributed by atoms with Gasteiger partial charge >= 0.3 is 0 Å². The molecule has 28 heavy (non-hydrogen) atoms. The highest BCUT2D eigenvalue weighted by Crippen LogP contribution is 2.37. The molecule has 1 aromatic carbocycles. The van der Waals surface area contributed by atoms with E-state index in [9.17, 15) is 21.4 Å². The van der Waals surface area contributed by atoms with Gasteiger partial charge in [0.25, 0.3) is 20.2 Å². The topological polar surface area (TPSA) is 231 Å². The van der Waals surface area contributed by atoms with Crippen molar-refractivity contribution >= 4 is 43.1 Å². The average Bonchev–Trinajstić information content (AvgIpc) is 2.59. The van der Waals surface area contributed by atoms with Crippen molar-refractivity contribution in [2.24, 2.45) is 10.2 Å². The van der Waals surface area contributed by atoms with Gasteiger partial charge in [-0.15, -0.1) is 10.2 Å². The number of nitriles is 1. The number of anilines is 2. The molecule has 1 heterocycles. The van der Waals surface area contributed by atoms with Gasteiger partial charge in [0.1, 0.15) is 22.2 Å². The van der Waals surface area contributed by atoms with Gasteiger partial charge in [-0.25, -0.2) is 0 Å². The van der Waals surface area contributed by atoms with Gasteiger partial charge in [0, 0.05) is 0 Å². The first-order valence-corrected chi connectivity index (χ1v) is 9.82. The first-order chi connectivity index (χ1) is 12.9. The molecule has 2 aromatic rings. The van der Waals surface area contributed by atoms with E-state index in [-0.39, 0.29) is 28.6 Å². The predicted octanol–water partition coefficient (Wildman–Crippen LogP) is 1.04. The molecular weight excluding hydrogens is 416 g/mol. The monoisotopic (exact) mass is 428 g/mol. The number of rotatable bonds is 5. The second-order valence-corrected chi connectivity index (χ2v) is 7.85. The second-order valence-electron chi connectivity index (χ2n) is 5.04. The maximum absolute atomic E-state index is 11.5. The summed E-state index contributed by atoms with van der Waals surface area (Å²) in [6.45, 7) is 0. The molecule has 0 aliphatic rings. The van der Waals surface area contributed by atoms with E-state index in [0.717, 1.165) is 6.07 Å². The number of nitrogens with two attached hydrogens (primary N) is 2. The van der Waals surface area contributed by atoms with Crippen LogP contribution in [0.25, 0.3) is 0 Å². The normalized spacial score (nSPS) is 12.1. The van der Waals surface area contributed by atoms with Gasteiger partial charge in [0.15, 0.2) is 11.5 Å². The van der Waals surface area contributed by atoms with Gasteiger partial charge in [-0.05, 0) is 18.2 Å². The van der Waals surface area contributed by atoms with E-state index < -0.39 is 35.7 Å². The quantitative estimate of drug-likeness (QED) is 0.388. The van der Waals surface area contributed by atoms with Crippen LogP contribution < -0.4 is 16.2 Å². The van der Waals surface area contributed by atoms with Crippen LogP contribution in [0.1, 0.15) is 5.56 Å². The molecule has 0 aliphatic carbocycles. The third-order valence-corrected chi connectivity index (χ3v) is 5.02. The molecule has 13 nitrogen and oxygen atoms in total. The van der Waals surface area contributed by atoms with E-state index in [0.29, 0.717) is 12.1 Å². The predicted molar refractivity (Wildman–Crippen MR) is 94.6 cm³/mol. The third-order valence-electron chi connectivity index (χ3n) is 3.27. The van der Waals surface area contributed by atoms with Gasteiger partial charge in [0.05, 0.1) is 17.7 Å². The molecule has 148 valence electrons. The Balaban J connectivity index is 2.72. The van der Waals surface area contributed by atoms with Crippen molar-refractivity contribution in [3.63, 3.8) is 0 Å². The van der Waals surface area contributed by atoms with Gasteiger partial charge in [-0.2, -0.15) is 27.1 Å². The SMILES string of the molecule is COc1nc(N)c(N=Nc2cc(S(=O)(=O)O)ccc2S(=O)(=O)O)c(N)c1C#N. The summed E-state index contributed by atoms with van der Waals surface area (Å²) in [5.41, 5.74) is 9.98. The molecule has 1 aromatic heterocycles. The zero-order valence-corrected chi connectivity index (χ0v) is 15.6. The number of azo groups is 1. The van der Waals surface area contributed by atoms with Crippen LogP contribution >= 0.6 is 0 Å². The van der Waals surface area contributed by atoms with Crippen molar-refractivity contribution in [1.29, 1.82) is 5.26 Å². The summed E-state index contributed by atoms with van der Waals surface area (Å²) >= 11 is 0. The number of benzene rings is 1. The van der Waals surface area contributed by atoms with E-state index in [1.165, 1.54) is 7.11 Å². The Bertz CT molecular complexity index is 1230. The Morgan fingerprint density at radius 2 is 1.79 bits per heavy atom. The lowest BCUT2D eigenvalue weighted by Crippen LogP contribution is -2.03. The van der Waals surface area contributed by atoms with Gasteiger partial charge in [0.2, 0.25) is 5.88 Å². The number of ether oxygens (including phenoxy) is 1. The van der Waals surface area contributed by atoms with Crippen molar-refractivity contribution in [2.45, 2.75) is 9.79 Å². The van der Waals surface area contributed by atoms with Crippen LogP contribution in [0.3, 0.4) is 0 Å². The molecule has 0 fully saturated rings. The fourth-order valence-electron chi connectivity index (χ4n) is 2.01. The van der Waals surface area contributed by atoms with E-state index in [1.807, 2.05) is 0 Å². The van der Waals surface area contributed by atoms with Crippen LogP contribution in [0.15, 0.2) is 38.2 Å². The van der Waals surface area contributed by atoms with Crippen LogP contribution in [0, 0.1) is 11.3 Å². The average molecular weight is 428 g/mol. The lowest BCUT2D eigenvalue weighted by atomic mass is 10.2. The first-order valence-electron chi connectivity index (χ1n) is 6.94. The first kappa shape index (κ1) is 21.0. The minimum Gasteiger partial charge on any atom is -0.480 e. The number of methoxy groups -OCH3 is 1. The highest BCUT2D eigenvalue weighted by atomic mass is 32.2. The summed E-state index contributed by atoms with van der Waals surface area (Å²) < 4.78 is 68.6. The van der Waals surface area contributed by atoms with Crippen LogP contribution in [-0.4, -0.2) is 38.0 Å². The second kappa shape index (κ2) is 7.36. The maximum atomic E-state index is 11.5. The van der Waals surface area contributed by atoms with Crippen LogP contribution in [0.5, 0.6) is 5.88 Å². The van der Waals surface area contributed by atoms with Crippen molar-refractivity contribution in [3.05, 3.63) is 23.8 Å². The van der Waals surface area contributed by atoms with Gasteiger partial charge < -0.3 is 16.2 Å². The van der Waals surface area contributed by atoms with Crippen LogP contribution in [0.4, 0.5) is 22.9 Å². The molecule has 0 amide bonds. The number of hydrogen-bond acceptors (Lipinski definition) is 11. The fourth-order valence-corrected chi connectivity index (χ4v) is 3.11. The molecule has 0 aliphatic heterocycles. The fraction of sp³-hybridized carbons (Fsp3) is 0.0769. The van der Waals surface area contributed by atoms with Crippen molar-refractivity contribution in [3.8, 4) is 11.9 Å². The number of pyridine rings is 1. The zero-order valence-electron chi connectivity index (χ0n) is 13.9. The van der Waals surface area contributed by atoms with E-state index in [1.54, 1.807) is 6.07 Å². The summed E-state index contributed by atoms with van der Waals surface area (Å²) in [5.74, 6) is -0.500.